The summed E-state index contributed by atoms with van der Waals surface area (Å²) in [6.45, 7) is 3.36. The van der Waals surface area contributed by atoms with Crippen molar-refractivity contribution in [2.45, 2.75) is 32.7 Å². The lowest BCUT2D eigenvalue weighted by molar-refractivity contribution is -0.384. The van der Waals surface area contributed by atoms with Crippen molar-refractivity contribution >= 4 is 23.4 Å². The van der Waals surface area contributed by atoms with Crippen molar-refractivity contribution in [2.24, 2.45) is 5.92 Å². The molecule has 0 heterocycles. The van der Waals surface area contributed by atoms with Gasteiger partial charge in [0.05, 0.1) is 17.0 Å². The zero-order chi connectivity index (χ0) is 22.0. The summed E-state index contributed by atoms with van der Waals surface area (Å²) in [7, 11) is 0. The normalized spacial score (nSPS) is 11.6. The Balaban J connectivity index is 2.69. The molecule has 0 unspecified atom stereocenters. The van der Waals surface area contributed by atoms with Gasteiger partial charge in [-0.3, -0.25) is 24.5 Å². The van der Waals surface area contributed by atoms with Crippen LogP contribution in [0.5, 0.6) is 0 Å². The van der Waals surface area contributed by atoms with E-state index in [1.54, 1.807) is 0 Å². The van der Waals surface area contributed by atoms with Gasteiger partial charge in [0.2, 0.25) is 11.8 Å². The summed E-state index contributed by atoms with van der Waals surface area (Å²) in [5.41, 5.74) is -1.02. The number of nitro groups is 1. The van der Waals surface area contributed by atoms with Gasteiger partial charge in [0.25, 0.3) is 11.6 Å². The second kappa shape index (κ2) is 11.7. The van der Waals surface area contributed by atoms with Crippen LogP contribution in [-0.4, -0.2) is 53.5 Å². The number of nitrogens with one attached hydrogen (secondary N) is 3. The number of hydrogen-bond acceptors (Lipinski definition) is 6. The molecule has 1 aromatic rings. The number of nitro benzene ring substituents is 1. The molecule has 0 spiro atoms. The number of benzene rings is 1. The van der Waals surface area contributed by atoms with Crippen molar-refractivity contribution in [2.75, 3.05) is 19.7 Å². The highest BCUT2D eigenvalue weighted by atomic mass is 19.1. The van der Waals surface area contributed by atoms with Gasteiger partial charge in [0.1, 0.15) is 11.9 Å². The molecule has 1 rings (SSSR count). The Hall–Kier alpha value is -3.08. The largest absolute Gasteiger partial charge is 0.396 e. The molecule has 0 aliphatic rings. The van der Waals surface area contributed by atoms with Crippen molar-refractivity contribution in [1.82, 2.24) is 16.0 Å². The Kier molecular flexibility index (Phi) is 9.66. The Morgan fingerprint density at radius 2 is 1.93 bits per heavy atom. The number of aliphatic hydroxyl groups excluding tert-OH is 1. The Morgan fingerprint density at radius 3 is 2.52 bits per heavy atom. The van der Waals surface area contributed by atoms with Crippen LogP contribution in [0.2, 0.25) is 0 Å². The smallest absolute Gasteiger partial charge is 0.270 e. The van der Waals surface area contributed by atoms with E-state index in [1.165, 1.54) is 0 Å². The van der Waals surface area contributed by atoms with Crippen molar-refractivity contribution in [3.63, 3.8) is 0 Å². The van der Waals surface area contributed by atoms with Crippen LogP contribution in [0.3, 0.4) is 0 Å². The molecule has 0 aliphatic carbocycles. The molecule has 0 saturated heterocycles. The minimum Gasteiger partial charge on any atom is -0.396 e. The van der Waals surface area contributed by atoms with Crippen LogP contribution >= 0.6 is 0 Å². The first-order valence-electron chi connectivity index (χ1n) is 9.05. The van der Waals surface area contributed by atoms with Gasteiger partial charge < -0.3 is 21.1 Å². The Morgan fingerprint density at radius 1 is 1.24 bits per heavy atom. The van der Waals surface area contributed by atoms with E-state index in [0.29, 0.717) is 12.8 Å². The molecule has 3 amide bonds. The standard InChI is InChI=1S/C18H25FN4O6/c1-11(2)8-15(18(27)20-6-3-7-24)22-16(25)10-21-17(26)13-9-12(23(28)29)4-5-14(13)19/h4-5,9,11,15,24H,3,6-8,10H2,1-2H3,(H,20,27)(H,21,26)(H,22,25)/t15-/m0/s1. The number of halogens is 1. The van der Waals surface area contributed by atoms with Gasteiger partial charge in [-0.05, 0) is 24.8 Å². The number of carbonyl (C=O) groups excluding carboxylic acids is 3. The fraction of sp³-hybridized carbons (Fsp3) is 0.500. The summed E-state index contributed by atoms with van der Waals surface area (Å²) in [5, 5.41) is 26.8. The van der Waals surface area contributed by atoms with E-state index in [4.69, 9.17) is 5.11 Å². The van der Waals surface area contributed by atoms with E-state index in [9.17, 15) is 28.9 Å². The molecule has 4 N–H and O–H groups in total. The third-order valence-electron chi connectivity index (χ3n) is 3.81. The van der Waals surface area contributed by atoms with Crippen molar-refractivity contribution in [3.8, 4) is 0 Å². The molecule has 0 saturated carbocycles. The molecule has 0 bridgehead atoms. The average molecular weight is 412 g/mol. The van der Waals surface area contributed by atoms with E-state index in [0.717, 1.165) is 18.2 Å². The molecule has 1 atom stereocenters. The highest BCUT2D eigenvalue weighted by Crippen LogP contribution is 2.16. The first-order valence-corrected chi connectivity index (χ1v) is 9.05. The zero-order valence-electron chi connectivity index (χ0n) is 16.2. The van der Waals surface area contributed by atoms with E-state index in [2.05, 4.69) is 16.0 Å². The van der Waals surface area contributed by atoms with Crippen LogP contribution in [0.1, 0.15) is 37.0 Å². The SMILES string of the molecule is CC(C)C[C@H](NC(=O)CNC(=O)c1cc([N+](=O)[O-])ccc1F)C(=O)NCCCO. The van der Waals surface area contributed by atoms with Gasteiger partial charge in [-0.2, -0.15) is 0 Å². The Labute approximate surface area is 167 Å². The van der Waals surface area contributed by atoms with E-state index in [1.807, 2.05) is 13.8 Å². The van der Waals surface area contributed by atoms with Crippen LogP contribution in [0, 0.1) is 21.8 Å². The lowest BCUT2D eigenvalue weighted by Crippen LogP contribution is -2.50. The van der Waals surface area contributed by atoms with Gasteiger partial charge in [-0.15, -0.1) is 0 Å². The molecule has 0 fully saturated rings. The number of hydrogen-bond donors (Lipinski definition) is 4. The predicted octanol–water partition coefficient (Wildman–Crippen LogP) is 0.493. The molecule has 0 aromatic heterocycles. The van der Waals surface area contributed by atoms with Crippen LogP contribution in [0.4, 0.5) is 10.1 Å². The summed E-state index contributed by atoms with van der Waals surface area (Å²) in [6.07, 6.45) is 0.725. The summed E-state index contributed by atoms with van der Waals surface area (Å²) in [5.74, 6) is -2.95. The number of aliphatic hydroxyl groups is 1. The summed E-state index contributed by atoms with van der Waals surface area (Å²) in [4.78, 5) is 46.4. The molecular weight excluding hydrogens is 387 g/mol. The van der Waals surface area contributed by atoms with E-state index < -0.39 is 52.3 Å². The van der Waals surface area contributed by atoms with Gasteiger partial charge in [0, 0.05) is 25.3 Å². The molecule has 1 aromatic carbocycles. The second-order valence-corrected chi connectivity index (χ2v) is 6.72. The topological polar surface area (TPSA) is 151 Å². The highest BCUT2D eigenvalue weighted by molar-refractivity contribution is 5.97. The lowest BCUT2D eigenvalue weighted by atomic mass is 10.0. The van der Waals surface area contributed by atoms with Crippen LogP contribution < -0.4 is 16.0 Å². The maximum atomic E-state index is 13.8. The monoisotopic (exact) mass is 412 g/mol. The number of carbonyl (C=O) groups is 3. The van der Waals surface area contributed by atoms with Crippen molar-refractivity contribution in [1.29, 1.82) is 0 Å². The fourth-order valence-corrected chi connectivity index (χ4v) is 2.42. The van der Waals surface area contributed by atoms with Gasteiger partial charge in [-0.25, -0.2) is 4.39 Å². The number of non-ortho nitro benzene ring substituents is 1. The van der Waals surface area contributed by atoms with E-state index >= 15 is 0 Å². The van der Waals surface area contributed by atoms with Crippen LogP contribution in [0.15, 0.2) is 18.2 Å². The minimum atomic E-state index is -0.992. The maximum Gasteiger partial charge on any atom is 0.270 e. The molecule has 160 valence electrons. The third-order valence-corrected chi connectivity index (χ3v) is 3.81. The highest BCUT2D eigenvalue weighted by Gasteiger charge is 2.22. The molecule has 10 nitrogen and oxygen atoms in total. The summed E-state index contributed by atoms with van der Waals surface area (Å²) in [6, 6.07) is 1.65. The van der Waals surface area contributed by atoms with Crippen molar-refractivity contribution < 1.29 is 28.8 Å². The first kappa shape index (κ1) is 24.0. The third kappa shape index (κ3) is 8.21. The van der Waals surface area contributed by atoms with Crippen LogP contribution in [-0.2, 0) is 9.59 Å². The first-order chi connectivity index (χ1) is 13.6. The summed E-state index contributed by atoms with van der Waals surface area (Å²) < 4.78 is 13.8. The van der Waals surface area contributed by atoms with E-state index in [-0.39, 0.29) is 19.1 Å². The van der Waals surface area contributed by atoms with Gasteiger partial charge in [0.15, 0.2) is 0 Å². The average Bonchev–Trinajstić information content (AvgIpc) is 2.65. The number of rotatable bonds is 11. The Bertz CT molecular complexity index is 756. The van der Waals surface area contributed by atoms with Crippen LogP contribution in [0.25, 0.3) is 0 Å². The quantitative estimate of drug-likeness (QED) is 0.236. The zero-order valence-corrected chi connectivity index (χ0v) is 16.2. The lowest BCUT2D eigenvalue weighted by Gasteiger charge is -2.20. The maximum absolute atomic E-state index is 13.8. The molecular formula is C18H25FN4O6. The van der Waals surface area contributed by atoms with Crippen molar-refractivity contribution in [3.05, 3.63) is 39.7 Å². The molecule has 11 heteroatoms. The van der Waals surface area contributed by atoms with Gasteiger partial charge >= 0.3 is 0 Å². The van der Waals surface area contributed by atoms with Gasteiger partial charge in [-0.1, -0.05) is 13.8 Å². The fourth-order valence-electron chi connectivity index (χ4n) is 2.42. The number of nitrogens with zero attached hydrogens (tertiary/aromatic N) is 1. The number of amides is 3. The molecule has 0 aliphatic heterocycles. The second-order valence-electron chi connectivity index (χ2n) is 6.72. The molecule has 29 heavy (non-hydrogen) atoms. The molecule has 0 radical (unpaired) electrons. The minimum absolute atomic E-state index is 0.0816. The summed E-state index contributed by atoms with van der Waals surface area (Å²) >= 11 is 0. The predicted molar refractivity (Wildman–Crippen MR) is 101 cm³/mol.